The first-order chi connectivity index (χ1) is 7.95. The van der Waals surface area contributed by atoms with E-state index in [0.717, 1.165) is 11.0 Å². The standard InChI is InChI=1S/C12H9B2O2/c1-2-6-10(7-3-1)11-8-4-5-9-12(11)14-15-13-16-14/h1-9H. The van der Waals surface area contributed by atoms with Gasteiger partial charge in [0.05, 0.1) is 0 Å². The third-order valence-corrected chi connectivity index (χ3v) is 2.66. The Morgan fingerprint density at radius 3 is 2.19 bits per heavy atom. The van der Waals surface area contributed by atoms with E-state index in [1.54, 1.807) is 0 Å². The zero-order chi connectivity index (χ0) is 10.8. The van der Waals surface area contributed by atoms with Crippen LogP contribution < -0.4 is 5.46 Å². The molecule has 0 bridgehead atoms. The molecular weight excluding hydrogens is 198 g/mol. The Kier molecular flexibility index (Phi) is 2.52. The molecule has 3 rings (SSSR count). The molecule has 0 atom stereocenters. The van der Waals surface area contributed by atoms with Gasteiger partial charge in [-0.05, 0) is 16.6 Å². The minimum atomic E-state index is -0.253. The molecule has 1 radical (unpaired) electrons. The summed E-state index contributed by atoms with van der Waals surface area (Å²) in [5.41, 5.74) is 3.40. The van der Waals surface area contributed by atoms with Gasteiger partial charge in [0.1, 0.15) is 0 Å². The maximum Gasteiger partial charge on any atom is 0.466 e. The van der Waals surface area contributed by atoms with Crippen LogP contribution >= 0.6 is 0 Å². The second-order valence-corrected chi connectivity index (χ2v) is 3.65. The molecule has 1 aliphatic rings. The predicted octanol–water partition coefficient (Wildman–Crippen LogP) is 1.63. The molecule has 0 N–H and O–H groups in total. The highest BCUT2D eigenvalue weighted by Gasteiger charge is 2.32. The molecule has 75 valence electrons. The van der Waals surface area contributed by atoms with Crippen LogP contribution in [-0.2, 0) is 9.14 Å². The lowest BCUT2D eigenvalue weighted by Crippen LogP contribution is -2.49. The van der Waals surface area contributed by atoms with E-state index in [2.05, 4.69) is 18.2 Å². The Bertz CT molecular complexity index is 483. The van der Waals surface area contributed by atoms with E-state index in [-0.39, 0.29) is 7.12 Å². The Morgan fingerprint density at radius 1 is 0.812 bits per heavy atom. The summed E-state index contributed by atoms with van der Waals surface area (Å²) in [7, 11) is 1.11. The van der Waals surface area contributed by atoms with Gasteiger partial charge in [-0.2, -0.15) is 0 Å². The van der Waals surface area contributed by atoms with Gasteiger partial charge in [0.25, 0.3) is 0 Å². The van der Waals surface area contributed by atoms with Gasteiger partial charge in [-0.15, -0.1) is 0 Å². The number of rotatable bonds is 2. The summed E-state index contributed by atoms with van der Waals surface area (Å²) in [6.45, 7) is 0. The van der Waals surface area contributed by atoms with Crippen LogP contribution in [0.3, 0.4) is 0 Å². The summed E-state index contributed by atoms with van der Waals surface area (Å²) in [6.07, 6.45) is 0. The maximum atomic E-state index is 5.23. The van der Waals surface area contributed by atoms with Gasteiger partial charge >= 0.3 is 14.8 Å². The van der Waals surface area contributed by atoms with Crippen molar-refractivity contribution in [2.45, 2.75) is 0 Å². The molecule has 1 fully saturated rings. The second-order valence-electron chi connectivity index (χ2n) is 3.65. The average Bonchev–Trinajstić information content (AvgIpc) is 2.29. The molecule has 0 unspecified atom stereocenters. The van der Waals surface area contributed by atoms with Crippen LogP contribution in [0.15, 0.2) is 54.6 Å². The highest BCUT2D eigenvalue weighted by molar-refractivity contribution is 6.76. The lowest BCUT2D eigenvalue weighted by molar-refractivity contribution is 0.327. The van der Waals surface area contributed by atoms with E-state index in [1.807, 2.05) is 36.4 Å². The van der Waals surface area contributed by atoms with Crippen LogP contribution in [0.1, 0.15) is 0 Å². The molecule has 1 heterocycles. The fraction of sp³-hybridized carbons (Fsp3) is 0. The van der Waals surface area contributed by atoms with Gasteiger partial charge in [0.2, 0.25) is 0 Å². The van der Waals surface area contributed by atoms with Crippen LogP contribution in [0.5, 0.6) is 0 Å². The van der Waals surface area contributed by atoms with Gasteiger partial charge < -0.3 is 9.14 Å². The van der Waals surface area contributed by atoms with Crippen LogP contribution in [-0.4, -0.2) is 14.8 Å². The highest BCUT2D eigenvalue weighted by atomic mass is 16.7. The van der Waals surface area contributed by atoms with Crippen molar-refractivity contribution in [2.75, 3.05) is 0 Å². The normalized spacial score (nSPS) is 14.1. The Balaban J connectivity index is 2.06. The van der Waals surface area contributed by atoms with Crippen LogP contribution in [0.25, 0.3) is 11.1 Å². The molecule has 0 aliphatic carbocycles. The molecule has 16 heavy (non-hydrogen) atoms. The summed E-state index contributed by atoms with van der Waals surface area (Å²) >= 11 is 0. The molecule has 4 heteroatoms. The Hall–Kier alpha value is -1.51. The zero-order valence-electron chi connectivity index (χ0n) is 8.67. The number of benzene rings is 2. The first-order valence-electron chi connectivity index (χ1n) is 5.22. The Labute approximate surface area is 95.7 Å². The van der Waals surface area contributed by atoms with Gasteiger partial charge in [0.15, 0.2) is 0 Å². The maximum absolute atomic E-state index is 5.23. The summed E-state index contributed by atoms with van der Waals surface area (Å²) in [5, 5.41) is 0. The monoisotopic (exact) mass is 207 g/mol. The largest absolute Gasteiger partial charge is 0.466 e. The van der Waals surface area contributed by atoms with Gasteiger partial charge in [-0.3, -0.25) is 0 Å². The fourth-order valence-corrected chi connectivity index (χ4v) is 1.84. The van der Waals surface area contributed by atoms with Gasteiger partial charge in [-0.1, -0.05) is 54.6 Å². The Morgan fingerprint density at radius 2 is 1.50 bits per heavy atom. The topological polar surface area (TPSA) is 18.5 Å². The molecule has 0 spiro atoms. The van der Waals surface area contributed by atoms with Crippen molar-refractivity contribution >= 4 is 20.3 Å². The SMILES string of the molecule is [B]1OB(c2ccccc2-c2ccccc2)O1. The van der Waals surface area contributed by atoms with Crippen molar-refractivity contribution in [1.29, 1.82) is 0 Å². The van der Waals surface area contributed by atoms with Crippen LogP contribution in [0, 0.1) is 0 Å². The fourth-order valence-electron chi connectivity index (χ4n) is 1.84. The summed E-state index contributed by atoms with van der Waals surface area (Å²) < 4.78 is 10.5. The van der Waals surface area contributed by atoms with Crippen LogP contribution in [0.2, 0.25) is 0 Å². The van der Waals surface area contributed by atoms with E-state index >= 15 is 0 Å². The average molecular weight is 207 g/mol. The molecular formula is C12H9B2O2. The van der Waals surface area contributed by atoms with Crippen molar-refractivity contribution < 1.29 is 9.14 Å². The zero-order valence-corrected chi connectivity index (χ0v) is 8.67. The smallest absolute Gasteiger partial charge is 0.451 e. The molecule has 2 nitrogen and oxygen atoms in total. The minimum absolute atomic E-state index is 0.253. The molecule has 1 saturated heterocycles. The predicted molar refractivity (Wildman–Crippen MR) is 65.2 cm³/mol. The molecule has 2 aromatic rings. The molecule has 1 aliphatic heterocycles. The molecule has 2 aromatic carbocycles. The van der Waals surface area contributed by atoms with Crippen LogP contribution in [0.4, 0.5) is 0 Å². The van der Waals surface area contributed by atoms with Gasteiger partial charge in [0, 0.05) is 0 Å². The van der Waals surface area contributed by atoms with Gasteiger partial charge in [-0.25, -0.2) is 0 Å². The van der Waals surface area contributed by atoms with E-state index in [1.165, 1.54) is 13.2 Å². The van der Waals surface area contributed by atoms with E-state index < -0.39 is 0 Å². The first kappa shape index (κ1) is 9.70. The lowest BCUT2D eigenvalue weighted by atomic mass is 9.69. The quantitative estimate of drug-likeness (QED) is 0.696. The third kappa shape index (κ3) is 1.66. The van der Waals surface area contributed by atoms with Crippen molar-refractivity contribution in [3.8, 4) is 11.1 Å². The second kappa shape index (κ2) is 4.16. The third-order valence-electron chi connectivity index (χ3n) is 2.66. The van der Waals surface area contributed by atoms with E-state index in [9.17, 15) is 0 Å². The molecule has 0 saturated carbocycles. The number of hydrogen-bond acceptors (Lipinski definition) is 2. The molecule has 0 amide bonds. The lowest BCUT2D eigenvalue weighted by Gasteiger charge is -2.24. The highest BCUT2D eigenvalue weighted by Crippen LogP contribution is 2.18. The minimum Gasteiger partial charge on any atom is -0.451 e. The number of hydrogen-bond donors (Lipinski definition) is 0. The van der Waals surface area contributed by atoms with E-state index in [4.69, 9.17) is 9.14 Å². The first-order valence-corrected chi connectivity index (χ1v) is 5.22. The van der Waals surface area contributed by atoms with Crippen molar-refractivity contribution in [2.24, 2.45) is 0 Å². The van der Waals surface area contributed by atoms with Crippen molar-refractivity contribution in [3.05, 3.63) is 54.6 Å². The van der Waals surface area contributed by atoms with E-state index in [0.29, 0.717) is 0 Å². The molecule has 0 aromatic heterocycles. The van der Waals surface area contributed by atoms with Crippen molar-refractivity contribution in [1.82, 2.24) is 0 Å². The summed E-state index contributed by atoms with van der Waals surface area (Å²) in [6, 6.07) is 18.4. The summed E-state index contributed by atoms with van der Waals surface area (Å²) in [5.74, 6) is 0. The van der Waals surface area contributed by atoms with Crippen molar-refractivity contribution in [3.63, 3.8) is 0 Å². The summed E-state index contributed by atoms with van der Waals surface area (Å²) in [4.78, 5) is 0.